The van der Waals surface area contributed by atoms with E-state index < -0.39 is 10.0 Å². The minimum Gasteiger partial charge on any atom is -0.471 e. The van der Waals surface area contributed by atoms with Gasteiger partial charge in [0, 0.05) is 31.9 Å². The van der Waals surface area contributed by atoms with E-state index in [2.05, 4.69) is 4.98 Å². The zero-order chi connectivity index (χ0) is 18.0. The molecular weight excluding hydrogens is 342 g/mol. The molecule has 1 aliphatic heterocycles. The summed E-state index contributed by atoms with van der Waals surface area (Å²) in [5.74, 6) is 0.396. The van der Waals surface area contributed by atoms with Crippen LogP contribution < -0.4 is 4.74 Å². The predicted octanol–water partition coefficient (Wildman–Crippen LogP) is 1.24. The second-order valence-electron chi connectivity index (χ2n) is 5.93. The summed E-state index contributed by atoms with van der Waals surface area (Å²) in [5, 5.41) is 0. The third-order valence-corrected chi connectivity index (χ3v) is 5.77. The highest BCUT2D eigenvalue weighted by atomic mass is 32.2. The van der Waals surface area contributed by atoms with Crippen LogP contribution in [0.4, 0.5) is 0 Å². The standard InChI is InChI=1S/C17H19N3O4S/c1-19(2)25(22,23)15-8-6-13(7-9-15)17(21)20-11-14(12-20)24-16-5-3-4-10-18-16/h3-10,14H,11-12H2,1-2H3. The quantitative estimate of drug-likeness (QED) is 0.800. The number of hydrogen-bond acceptors (Lipinski definition) is 5. The van der Waals surface area contributed by atoms with Gasteiger partial charge in [-0.25, -0.2) is 17.7 Å². The average Bonchev–Trinajstić information content (AvgIpc) is 2.58. The minimum atomic E-state index is -3.49. The summed E-state index contributed by atoms with van der Waals surface area (Å²) in [6.07, 6.45) is 1.58. The lowest BCUT2D eigenvalue weighted by atomic mass is 10.1. The summed E-state index contributed by atoms with van der Waals surface area (Å²) in [5.41, 5.74) is 0.453. The van der Waals surface area contributed by atoms with Crippen molar-refractivity contribution < 1.29 is 17.9 Å². The number of likely N-dealkylation sites (tertiary alicyclic amines) is 1. The zero-order valence-electron chi connectivity index (χ0n) is 14.0. The first-order valence-corrected chi connectivity index (χ1v) is 9.21. The van der Waals surface area contributed by atoms with Crippen molar-refractivity contribution in [3.05, 3.63) is 54.2 Å². The molecule has 1 saturated heterocycles. The first-order valence-electron chi connectivity index (χ1n) is 7.77. The highest BCUT2D eigenvalue weighted by molar-refractivity contribution is 7.89. The summed E-state index contributed by atoms with van der Waals surface area (Å²) < 4.78 is 30.9. The molecule has 132 valence electrons. The highest BCUT2D eigenvalue weighted by Crippen LogP contribution is 2.20. The van der Waals surface area contributed by atoms with Gasteiger partial charge in [-0.15, -0.1) is 0 Å². The van der Waals surface area contributed by atoms with E-state index in [0.29, 0.717) is 24.5 Å². The van der Waals surface area contributed by atoms with Gasteiger partial charge in [0.15, 0.2) is 0 Å². The number of hydrogen-bond donors (Lipinski definition) is 0. The molecule has 0 atom stereocenters. The number of carbonyl (C=O) groups is 1. The summed E-state index contributed by atoms with van der Waals surface area (Å²) >= 11 is 0. The Kier molecular flexibility index (Phi) is 4.73. The van der Waals surface area contributed by atoms with Crippen molar-refractivity contribution >= 4 is 15.9 Å². The molecule has 1 amide bonds. The van der Waals surface area contributed by atoms with E-state index in [9.17, 15) is 13.2 Å². The molecule has 2 heterocycles. The van der Waals surface area contributed by atoms with Crippen LogP contribution in [0.1, 0.15) is 10.4 Å². The Morgan fingerprint density at radius 3 is 2.40 bits per heavy atom. The van der Waals surface area contributed by atoms with E-state index in [4.69, 9.17) is 4.74 Å². The number of aromatic nitrogens is 1. The van der Waals surface area contributed by atoms with Crippen LogP contribution in [0.25, 0.3) is 0 Å². The number of amides is 1. The van der Waals surface area contributed by atoms with Crippen molar-refractivity contribution in [2.24, 2.45) is 0 Å². The Labute approximate surface area is 146 Å². The number of benzene rings is 1. The third kappa shape index (κ3) is 3.64. The average molecular weight is 361 g/mol. The van der Waals surface area contributed by atoms with Crippen molar-refractivity contribution in [2.45, 2.75) is 11.0 Å². The van der Waals surface area contributed by atoms with Crippen molar-refractivity contribution in [2.75, 3.05) is 27.2 Å². The summed E-state index contributed by atoms with van der Waals surface area (Å²) in [4.78, 5) is 18.3. The molecule has 1 aromatic heterocycles. The Balaban J connectivity index is 1.60. The Bertz CT molecular complexity index is 845. The van der Waals surface area contributed by atoms with Gasteiger partial charge < -0.3 is 9.64 Å². The fraction of sp³-hybridized carbons (Fsp3) is 0.294. The number of nitrogens with zero attached hydrogens (tertiary/aromatic N) is 3. The second kappa shape index (κ2) is 6.81. The van der Waals surface area contributed by atoms with Gasteiger partial charge in [-0.2, -0.15) is 0 Å². The lowest BCUT2D eigenvalue weighted by Crippen LogP contribution is -2.56. The maximum absolute atomic E-state index is 12.4. The first-order chi connectivity index (χ1) is 11.9. The molecule has 1 aliphatic rings. The van der Waals surface area contributed by atoms with Gasteiger partial charge in [0.25, 0.3) is 5.91 Å². The van der Waals surface area contributed by atoms with Crippen molar-refractivity contribution in [1.82, 2.24) is 14.2 Å². The van der Waals surface area contributed by atoms with Crippen LogP contribution in [0.5, 0.6) is 5.88 Å². The molecule has 0 bridgehead atoms. The van der Waals surface area contributed by atoms with E-state index in [1.165, 1.54) is 38.4 Å². The number of sulfonamides is 1. The SMILES string of the molecule is CN(C)S(=O)(=O)c1ccc(C(=O)N2CC(Oc3ccccn3)C2)cc1. The van der Waals surface area contributed by atoms with Gasteiger partial charge in [0.05, 0.1) is 18.0 Å². The zero-order valence-corrected chi connectivity index (χ0v) is 14.8. The summed E-state index contributed by atoms with van der Waals surface area (Å²) in [6, 6.07) is 11.4. The van der Waals surface area contributed by atoms with Gasteiger partial charge in [-0.3, -0.25) is 4.79 Å². The molecule has 0 radical (unpaired) electrons. The molecule has 25 heavy (non-hydrogen) atoms. The molecule has 0 N–H and O–H groups in total. The Hall–Kier alpha value is -2.45. The van der Waals surface area contributed by atoms with E-state index >= 15 is 0 Å². The fourth-order valence-corrected chi connectivity index (χ4v) is 3.33. The fourth-order valence-electron chi connectivity index (χ4n) is 2.43. The monoisotopic (exact) mass is 361 g/mol. The van der Waals surface area contributed by atoms with E-state index in [0.717, 1.165) is 4.31 Å². The van der Waals surface area contributed by atoms with E-state index in [1.54, 1.807) is 17.2 Å². The lowest BCUT2D eigenvalue weighted by molar-refractivity contribution is 0.0160. The molecule has 2 aromatic rings. The Morgan fingerprint density at radius 1 is 1.16 bits per heavy atom. The van der Waals surface area contributed by atoms with Gasteiger partial charge in [0.2, 0.25) is 15.9 Å². The molecule has 8 heteroatoms. The van der Waals surface area contributed by atoms with E-state index in [1.807, 2.05) is 12.1 Å². The maximum atomic E-state index is 12.4. The maximum Gasteiger partial charge on any atom is 0.254 e. The molecule has 0 aliphatic carbocycles. The molecule has 0 unspecified atom stereocenters. The molecular formula is C17H19N3O4S. The lowest BCUT2D eigenvalue weighted by Gasteiger charge is -2.38. The number of rotatable bonds is 5. The second-order valence-corrected chi connectivity index (χ2v) is 8.08. The number of ether oxygens (including phenoxy) is 1. The third-order valence-electron chi connectivity index (χ3n) is 3.94. The molecule has 0 spiro atoms. The molecule has 0 saturated carbocycles. The Morgan fingerprint density at radius 2 is 1.84 bits per heavy atom. The van der Waals surface area contributed by atoms with Crippen LogP contribution in [0.3, 0.4) is 0 Å². The van der Waals surface area contributed by atoms with Gasteiger partial charge >= 0.3 is 0 Å². The highest BCUT2D eigenvalue weighted by Gasteiger charge is 2.33. The van der Waals surface area contributed by atoms with E-state index in [-0.39, 0.29) is 16.9 Å². The minimum absolute atomic E-state index is 0.0766. The van der Waals surface area contributed by atoms with Crippen molar-refractivity contribution in [1.29, 1.82) is 0 Å². The normalized spacial score (nSPS) is 15.1. The topological polar surface area (TPSA) is 79.8 Å². The summed E-state index contributed by atoms with van der Waals surface area (Å²) in [6.45, 7) is 0.959. The van der Waals surface area contributed by atoms with Crippen molar-refractivity contribution in [3.8, 4) is 5.88 Å². The molecule has 1 fully saturated rings. The van der Waals surface area contributed by atoms with Crippen molar-refractivity contribution in [3.63, 3.8) is 0 Å². The number of pyridine rings is 1. The molecule has 7 nitrogen and oxygen atoms in total. The van der Waals surface area contributed by atoms with Crippen LogP contribution in [-0.4, -0.2) is 61.8 Å². The number of carbonyl (C=O) groups excluding carboxylic acids is 1. The molecule has 3 rings (SSSR count). The van der Waals surface area contributed by atoms with Gasteiger partial charge in [0.1, 0.15) is 6.10 Å². The smallest absolute Gasteiger partial charge is 0.254 e. The van der Waals surface area contributed by atoms with Crippen LogP contribution in [0.2, 0.25) is 0 Å². The van der Waals surface area contributed by atoms with Crippen LogP contribution in [0, 0.1) is 0 Å². The van der Waals surface area contributed by atoms with Gasteiger partial charge in [-0.05, 0) is 30.3 Å². The summed E-state index contributed by atoms with van der Waals surface area (Å²) in [7, 11) is -0.556. The van der Waals surface area contributed by atoms with Gasteiger partial charge in [-0.1, -0.05) is 6.07 Å². The van der Waals surface area contributed by atoms with Crippen LogP contribution in [0.15, 0.2) is 53.6 Å². The predicted molar refractivity (Wildman–Crippen MR) is 91.9 cm³/mol. The largest absolute Gasteiger partial charge is 0.471 e. The molecule has 1 aromatic carbocycles. The van der Waals surface area contributed by atoms with Crippen LogP contribution in [-0.2, 0) is 10.0 Å². The van der Waals surface area contributed by atoms with Crippen LogP contribution >= 0.6 is 0 Å². The first kappa shape index (κ1) is 17.4.